The van der Waals surface area contributed by atoms with E-state index in [2.05, 4.69) is 16.7 Å². The molecule has 4 heteroatoms. The third kappa shape index (κ3) is 4.77. The maximum atomic E-state index is 12.8. The van der Waals surface area contributed by atoms with Gasteiger partial charge in [0.2, 0.25) is 0 Å². The van der Waals surface area contributed by atoms with Crippen molar-refractivity contribution in [2.24, 2.45) is 0 Å². The third-order valence-corrected chi connectivity index (χ3v) is 5.57. The summed E-state index contributed by atoms with van der Waals surface area (Å²) in [6.45, 7) is 0.538. The maximum absolute atomic E-state index is 12.8. The second-order valence-electron chi connectivity index (χ2n) is 7.68. The molecule has 4 nitrogen and oxygen atoms in total. The number of hydrogen-bond donors (Lipinski definition) is 2. The summed E-state index contributed by atoms with van der Waals surface area (Å²) in [6, 6.07) is 23.1. The molecular weight excluding hydrogens is 372 g/mol. The molecule has 0 atom stereocenters. The minimum Gasteiger partial charge on any atom is -0.352 e. The second kappa shape index (κ2) is 9.40. The number of aryl methyl sites for hydroxylation is 2. The SMILES string of the molecule is O=C(Nc1ccccc1C(=O)NCCc1ccccc1)c1ccc2c(c1)CCCC2. The Morgan fingerprint density at radius 1 is 0.767 bits per heavy atom. The highest BCUT2D eigenvalue weighted by Gasteiger charge is 2.16. The van der Waals surface area contributed by atoms with Crippen molar-refractivity contribution in [2.75, 3.05) is 11.9 Å². The van der Waals surface area contributed by atoms with E-state index < -0.39 is 0 Å². The largest absolute Gasteiger partial charge is 0.352 e. The first-order valence-corrected chi connectivity index (χ1v) is 10.5. The molecule has 0 bridgehead atoms. The van der Waals surface area contributed by atoms with Crippen LogP contribution in [-0.4, -0.2) is 18.4 Å². The number of fused-ring (bicyclic) bond motifs is 1. The highest BCUT2D eigenvalue weighted by atomic mass is 16.2. The molecule has 0 unspecified atom stereocenters. The Hall–Kier alpha value is -3.40. The smallest absolute Gasteiger partial charge is 0.255 e. The highest BCUT2D eigenvalue weighted by molar-refractivity contribution is 6.09. The molecule has 0 saturated heterocycles. The van der Waals surface area contributed by atoms with Gasteiger partial charge in [-0.3, -0.25) is 9.59 Å². The molecule has 1 aliphatic carbocycles. The van der Waals surface area contributed by atoms with Crippen LogP contribution >= 0.6 is 0 Å². The lowest BCUT2D eigenvalue weighted by atomic mass is 9.90. The van der Waals surface area contributed by atoms with Crippen LogP contribution in [0.1, 0.15) is 50.2 Å². The summed E-state index contributed by atoms with van der Waals surface area (Å²) in [7, 11) is 0. The van der Waals surface area contributed by atoms with Crippen LogP contribution in [0, 0.1) is 0 Å². The van der Waals surface area contributed by atoms with E-state index in [-0.39, 0.29) is 11.8 Å². The fourth-order valence-electron chi connectivity index (χ4n) is 3.92. The molecule has 3 aromatic carbocycles. The lowest BCUT2D eigenvalue weighted by molar-refractivity contribution is 0.0955. The molecule has 0 radical (unpaired) electrons. The fraction of sp³-hybridized carbons (Fsp3) is 0.231. The quantitative estimate of drug-likeness (QED) is 0.627. The van der Waals surface area contributed by atoms with Crippen LogP contribution in [0.2, 0.25) is 0 Å². The van der Waals surface area contributed by atoms with Crippen LogP contribution in [0.4, 0.5) is 5.69 Å². The van der Waals surface area contributed by atoms with E-state index in [0.29, 0.717) is 23.4 Å². The van der Waals surface area contributed by atoms with E-state index >= 15 is 0 Å². The molecule has 152 valence electrons. The molecular formula is C26H26N2O2. The summed E-state index contributed by atoms with van der Waals surface area (Å²) in [6.07, 6.45) is 5.26. The van der Waals surface area contributed by atoms with E-state index in [0.717, 1.165) is 19.3 Å². The number of para-hydroxylation sites is 1. The van der Waals surface area contributed by atoms with E-state index in [1.807, 2.05) is 48.5 Å². The Labute approximate surface area is 177 Å². The van der Waals surface area contributed by atoms with Crippen LogP contribution < -0.4 is 10.6 Å². The minimum atomic E-state index is -0.188. The van der Waals surface area contributed by atoms with Gasteiger partial charge in [0, 0.05) is 12.1 Å². The molecule has 0 aromatic heterocycles. The van der Waals surface area contributed by atoms with Crippen molar-refractivity contribution in [2.45, 2.75) is 32.1 Å². The maximum Gasteiger partial charge on any atom is 0.255 e. The predicted octanol–water partition coefficient (Wildman–Crippen LogP) is 4.79. The zero-order chi connectivity index (χ0) is 20.8. The standard InChI is InChI=1S/C26H26N2O2/c29-25(22-15-14-20-10-4-5-11-21(20)18-22)28-24-13-7-6-12-23(24)26(30)27-17-16-19-8-2-1-3-9-19/h1-3,6-9,12-15,18H,4-5,10-11,16-17H2,(H,27,30)(H,28,29). The van der Waals surface area contributed by atoms with Gasteiger partial charge in [-0.05, 0) is 73.1 Å². The zero-order valence-corrected chi connectivity index (χ0v) is 17.0. The van der Waals surface area contributed by atoms with E-state index in [1.54, 1.807) is 18.2 Å². The predicted molar refractivity (Wildman–Crippen MR) is 120 cm³/mol. The number of anilines is 1. The van der Waals surface area contributed by atoms with Crippen molar-refractivity contribution in [1.82, 2.24) is 5.32 Å². The Morgan fingerprint density at radius 2 is 1.50 bits per heavy atom. The van der Waals surface area contributed by atoms with Crippen LogP contribution in [-0.2, 0) is 19.3 Å². The monoisotopic (exact) mass is 398 g/mol. The number of carbonyl (C=O) groups is 2. The fourth-order valence-corrected chi connectivity index (χ4v) is 3.92. The number of hydrogen-bond acceptors (Lipinski definition) is 2. The molecule has 0 aliphatic heterocycles. The van der Waals surface area contributed by atoms with Crippen molar-refractivity contribution >= 4 is 17.5 Å². The molecule has 2 amide bonds. The first-order valence-electron chi connectivity index (χ1n) is 10.5. The van der Waals surface area contributed by atoms with Crippen LogP contribution in [0.5, 0.6) is 0 Å². The number of benzene rings is 3. The number of amides is 2. The molecule has 0 heterocycles. The van der Waals surface area contributed by atoms with Crippen molar-refractivity contribution in [3.05, 3.63) is 101 Å². The molecule has 1 aliphatic rings. The van der Waals surface area contributed by atoms with Gasteiger partial charge in [-0.2, -0.15) is 0 Å². The molecule has 4 rings (SSSR count). The molecule has 3 aromatic rings. The van der Waals surface area contributed by atoms with Gasteiger partial charge in [-0.1, -0.05) is 48.5 Å². The summed E-state index contributed by atoms with van der Waals surface area (Å²) < 4.78 is 0. The van der Waals surface area contributed by atoms with Crippen LogP contribution in [0.3, 0.4) is 0 Å². The average molecular weight is 399 g/mol. The van der Waals surface area contributed by atoms with Gasteiger partial charge in [-0.25, -0.2) is 0 Å². The van der Waals surface area contributed by atoms with Gasteiger partial charge in [0.25, 0.3) is 11.8 Å². The Balaban J connectivity index is 1.42. The lowest BCUT2D eigenvalue weighted by Crippen LogP contribution is -2.27. The van der Waals surface area contributed by atoms with Crippen molar-refractivity contribution in [3.8, 4) is 0 Å². The van der Waals surface area contributed by atoms with Crippen molar-refractivity contribution in [3.63, 3.8) is 0 Å². The second-order valence-corrected chi connectivity index (χ2v) is 7.68. The normalized spacial score (nSPS) is 12.7. The Kier molecular flexibility index (Phi) is 6.23. The number of carbonyl (C=O) groups excluding carboxylic acids is 2. The van der Waals surface area contributed by atoms with E-state index in [9.17, 15) is 9.59 Å². The van der Waals surface area contributed by atoms with Gasteiger partial charge in [-0.15, -0.1) is 0 Å². The topological polar surface area (TPSA) is 58.2 Å². The first kappa shape index (κ1) is 19.9. The first-order chi connectivity index (χ1) is 14.7. The lowest BCUT2D eigenvalue weighted by Gasteiger charge is -2.17. The van der Waals surface area contributed by atoms with Gasteiger partial charge in [0.1, 0.15) is 0 Å². The molecule has 0 spiro atoms. The van der Waals surface area contributed by atoms with Crippen LogP contribution in [0.25, 0.3) is 0 Å². The number of nitrogens with one attached hydrogen (secondary N) is 2. The Bertz CT molecular complexity index is 1040. The summed E-state index contributed by atoms with van der Waals surface area (Å²) in [5.74, 6) is -0.375. The van der Waals surface area contributed by atoms with Crippen LogP contribution in [0.15, 0.2) is 72.8 Å². The molecule has 0 saturated carbocycles. The molecule has 0 fully saturated rings. The summed E-state index contributed by atoms with van der Waals surface area (Å²) in [5.41, 5.74) is 5.41. The van der Waals surface area contributed by atoms with Crippen molar-refractivity contribution in [1.29, 1.82) is 0 Å². The minimum absolute atomic E-state index is 0.187. The number of rotatable bonds is 6. The zero-order valence-electron chi connectivity index (χ0n) is 17.0. The van der Waals surface area contributed by atoms with Gasteiger partial charge in [0.15, 0.2) is 0 Å². The Morgan fingerprint density at radius 3 is 2.33 bits per heavy atom. The summed E-state index contributed by atoms with van der Waals surface area (Å²) in [4.78, 5) is 25.5. The third-order valence-electron chi connectivity index (χ3n) is 5.57. The highest BCUT2D eigenvalue weighted by Crippen LogP contribution is 2.23. The molecule has 30 heavy (non-hydrogen) atoms. The summed E-state index contributed by atoms with van der Waals surface area (Å²) >= 11 is 0. The van der Waals surface area contributed by atoms with Gasteiger partial charge in [0.05, 0.1) is 11.3 Å². The van der Waals surface area contributed by atoms with Gasteiger partial charge < -0.3 is 10.6 Å². The van der Waals surface area contributed by atoms with Gasteiger partial charge >= 0.3 is 0 Å². The van der Waals surface area contributed by atoms with Crippen molar-refractivity contribution < 1.29 is 9.59 Å². The van der Waals surface area contributed by atoms with E-state index in [1.165, 1.54) is 29.5 Å². The molecule has 2 N–H and O–H groups in total. The summed E-state index contributed by atoms with van der Waals surface area (Å²) in [5, 5.41) is 5.87. The van der Waals surface area contributed by atoms with E-state index in [4.69, 9.17) is 0 Å². The average Bonchev–Trinajstić information content (AvgIpc) is 2.79.